The van der Waals surface area contributed by atoms with Crippen molar-refractivity contribution in [2.45, 2.75) is 56.9 Å². The maximum Gasteiger partial charge on any atom is 0.401 e. The number of carbonyl (C=O) groups is 1. The summed E-state index contributed by atoms with van der Waals surface area (Å²) in [5.41, 5.74) is 0.787. The number of imidazole rings is 1. The van der Waals surface area contributed by atoms with E-state index < -0.39 is 25.7 Å². The largest absolute Gasteiger partial charge is 0.401 e. The molecule has 0 aromatic carbocycles. The maximum atomic E-state index is 12.6. The Morgan fingerprint density at radius 2 is 1.93 bits per heavy atom. The number of hydrogen-bond acceptors (Lipinski definition) is 5. The van der Waals surface area contributed by atoms with Crippen LogP contribution in [0.2, 0.25) is 0 Å². The third-order valence-corrected chi connectivity index (χ3v) is 5.50. The predicted octanol–water partition coefficient (Wildman–Crippen LogP) is 3.46. The zero-order valence-corrected chi connectivity index (χ0v) is 16.1. The Hall–Kier alpha value is -2.08. The van der Waals surface area contributed by atoms with E-state index in [1.165, 1.54) is 17.1 Å². The number of rotatable bonds is 7. The van der Waals surface area contributed by atoms with Crippen LogP contribution in [0, 0.1) is 0 Å². The first-order valence-electron chi connectivity index (χ1n) is 9.06. The van der Waals surface area contributed by atoms with Crippen molar-refractivity contribution in [3.8, 4) is 11.4 Å². The molecule has 1 amide bonds. The normalized spacial score (nSPS) is 20.2. The minimum atomic E-state index is -4.24. The second kappa shape index (κ2) is 9.16. The second-order valence-electron chi connectivity index (χ2n) is 6.88. The van der Waals surface area contributed by atoms with Gasteiger partial charge in [-0.15, -0.1) is 11.3 Å². The van der Waals surface area contributed by atoms with Crippen molar-refractivity contribution < 1.29 is 26.7 Å². The van der Waals surface area contributed by atoms with Crippen LogP contribution in [0.15, 0.2) is 17.9 Å². The quantitative estimate of drug-likeness (QED) is 0.651. The molecular weight excluding hydrogens is 417 g/mol. The molecule has 1 aliphatic carbocycles. The van der Waals surface area contributed by atoms with Crippen molar-refractivity contribution in [2.75, 3.05) is 6.54 Å². The van der Waals surface area contributed by atoms with Crippen LogP contribution in [0.5, 0.6) is 0 Å². The minimum Gasteiger partial charge on any atom is -0.347 e. The summed E-state index contributed by atoms with van der Waals surface area (Å²) in [7, 11) is 0. The number of alkyl halides is 5. The van der Waals surface area contributed by atoms with Crippen LogP contribution in [0.1, 0.15) is 35.5 Å². The first-order valence-corrected chi connectivity index (χ1v) is 9.94. The molecule has 0 spiro atoms. The van der Waals surface area contributed by atoms with Gasteiger partial charge in [-0.3, -0.25) is 4.79 Å². The van der Waals surface area contributed by atoms with Crippen LogP contribution in [-0.2, 0) is 6.54 Å². The summed E-state index contributed by atoms with van der Waals surface area (Å²) < 4.78 is 63.3. The number of carbonyl (C=O) groups excluding carboxylic acids is 1. The van der Waals surface area contributed by atoms with E-state index in [1.807, 2.05) is 0 Å². The van der Waals surface area contributed by atoms with Crippen molar-refractivity contribution in [3.63, 3.8) is 0 Å². The van der Waals surface area contributed by atoms with Crippen molar-refractivity contribution >= 4 is 17.2 Å². The van der Waals surface area contributed by atoms with Gasteiger partial charge in [-0.2, -0.15) is 13.2 Å². The monoisotopic (exact) mass is 437 g/mol. The van der Waals surface area contributed by atoms with Gasteiger partial charge < -0.3 is 15.2 Å². The molecule has 0 saturated heterocycles. The van der Waals surface area contributed by atoms with Crippen LogP contribution in [0.4, 0.5) is 22.0 Å². The van der Waals surface area contributed by atoms with Crippen LogP contribution < -0.4 is 10.6 Å². The predicted molar refractivity (Wildman–Crippen MR) is 96.9 cm³/mol. The summed E-state index contributed by atoms with van der Waals surface area (Å²) >= 11 is 1.09. The molecule has 1 fully saturated rings. The molecule has 0 unspecified atom stereocenters. The molecule has 0 atom stereocenters. The molecule has 160 valence electrons. The Morgan fingerprint density at radius 1 is 1.24 bits per heavy atom. The number of thiazole rings is 1. The molecule has 2 aromatic heterocycles. The summed E-state index contributed by atoms with van der Waals surface area (Å²) in [4.78, 5) is 20.5. The number of nitrogens with one attached hydrogen (secondary N) is 2. The number of nitrogens with zero attached hydrogens (tertiary/aromatic N) is 3. The molecule has 3 rings (SSSR count). The van der Waals surface area contributed by atoms with E-state index in [0.29, 0.717) is 37.1 Å². The third-order valence-electron chi connectivity index (χ3n) is 4.66. The average Bonchev–Trinajstić information content (AvgIpc) is 3.29. The summed E-state index contributed by atoms with van der Waals surface area (Å²) in [6, 6.07) is -0.352. The number of halogens is 5. The van der Waals surface area contributed by atoms with E-state index in [2.05, 4.69) is 20.6 Å². The highest BCUT2D eigenvalue weighted by Crippen LogP contribution is 2.24. The maximum absolute atomic E-state index is 12.6. The van der Waals surface area contributed by atoms with Gasteiger partial charge in [0.1, 0.15) is 5.69 Å². The Kier molecular flexibility index (Phi) is 6.83. The summed E-state index contributed by atoms with van der Waals surface area (Å²) in [6.45, 7) is -1.53. The van der Waals surface area contributed by atoms with E-state index in [1.54, 1.807) is 5.38 Å². The highest BCUT2D eigenvalue weighted by atomic mass is 32.1. The van der Waals surface area contributed by atoms with Crippen molar-refractivity contribution in [3.05, 3.63) is 22.9 Å². The van der Waals surface area contributed by atoms with Crippen molar-refractivity contribution in [1.29, 1.82) is 0 Å². The van der Waals surface area contributed by atoms with E-state index in [0.717, 1.165) is 11.3 Å². The fourth-order valence-electron chi connectivity index (χ4n) is 3.27. The Morgan fingerprint density at radius 3 is 2.59 bits per heavy atom. The molecule has 1 saturated carbocycles. The first kappa shape index (κ1) is 21.6. The van der Waals surface area contributed by atoms with E-state index >= 15 is 0 Å². The molecule has 29 heavy (non-hydrogen) atoms. The van der Waals surface area contributed by atoms with Gasteiger partial charge in [0, 0.05) is 17.5 Å². The molecule has 1 aliphatic rings. The van der Waals surface area contributed by atoms with Gasteiger partial charge in [0.05, 0.1) is 31.3 Å². The molecule has 2 N–H and O–H groups in total. The lowest BCUT2D eigenvalue weighted by Gasteiger charge is -2.29. The summed E-state index contributed by atoms with van der Waals surface area (Å²) in [6.07, 6.45) is -1.86. The number of aromatic nitrogens is 3. The number of hydrogen-bond donors (Lipinski definition) is 2. The lowest BCUT2D eigenvalue weighted by molar-refractivity contribution is -0.126. The molecule has 0 radical (unpaired) electrons. The molecule has 12 heteroatoms. The van der Waals surface area contributed by atoms with Crippen LogP contribution in [-0.4, -0.2) is 51.7 Å². The summed E-state index contributed by atoms with van der Waals surface area (Å²) in [5, 5.41) is 7.14. The van der Waals surface area contributed by atoms with Gasteiger partial charge in [-0.1, -0.05) is 0 Å². The van der Waals surface area contributed by atoms with Crippen molar-refractivity contribution in [1.82, 2.24) is 25.2 Å². The molecule has 2 heterocycles. The van der Waals surface area contributed by atoms with E-state index in [-0.39, 0.29) is 23.0 Å². The van der Waals surface area contributed by atoms with E-state index in [9.17, 15) is 26.7 Å². The standard InChI is InChI=1S/C17H20F5N5OS/c18-14(19)6-27-9-23-5-13(27)12-7-29-16(26-12)15(28)25-11-3-1-10(2-4-11)24-8-17(20,21)22/h5,7,9-11,14,24H,1-4,6,8H2,(H,25,28). The van der Waals surface area contributed by atoms with Crippen LogP contribution in [0.25, 0.3) is 11.4 Å². The Labute approximate surface area is 167 Å². The topological polar surface area (TPSA) is 71.8 Å². The highest BCUT2D eigenvalue weighted by molar-refractivity contribution is 7.12. The van der Waals surface area contributed by atoms with Gasteiger partial charge in [0.2, 0.25) is 0 Å². The lowest BCUT2D eigenvalue weighted by atomic mass is 9.91. The average molecular weight is 437 g/mol. The lowest BCUT2D eigenvalue weighted by Crippen LogP contribution is -2.44. The Bertz CT molecular complexity index is 813. The van der Waals surface area contributed by atoms with Crippen molar-refractivity contribution in [2.24, 2.45) is 0 Å². The Balaban J connectivity index is 1.52. The smallest absolute Gasteiger partial charge is 0.347 e. The summed E-state index contributed by atoms with van der Waals surface area (Å²) in [5.74, 6) is -0.382. The molecule has 2 aromatic rings. The molecular formula is C17H20F5N5OS. The van der Waals surface area contributed by atoms with Gasteiger partial charge in [0.15, 0.2) is 5.01 Å². The fraction of sp³-hybridized carbons (Fsp3) is 0.588. The first-order chi connectivity index (χ1) is 13.7. The second-order valence-corrected chi connectivity index (χ2v) is 7.74. The molecule has 0 bridgehead atoms. The highest BCUT2D eigenvalue weighted by Gasteiger charge is 2.30. The molecule has 0 aliphatic heterocycles. The van der Waals surface area contributed by atoms with Gasteiger partial charge in [-0.25, -0.2) is 18.7 Å². The zero-order chi connectivity index (χ0) is 21.0. The van der Waals surface area contributed by atoms with Crippen LogP contribution >= 0.6 is 11.3 Å². The SMILES string of the molecule is O=C(NC1CCC(NCC(F)(F)F)CC1)c1nc(-c2cncn2CC(F)F)cs1. The number of amides is 1. The van der Waals surface area contributed by atoms with Gasteiger partial charge in [-0.05, 0) is 25.7 Å². The fourth-order valence-corrected chi connectivity index (χ4v) is 3.99. The minimum absolute atomic E-state index is 0.136. The van der Waals surface area contributed by atoms with Gasteiger partial charge >= 0.3 is 6.18 Å². The zero-order valence-electron chi connectivity index (χ0n) is 15.3. The van der Waals surface area contributed by atoms with Gasteiger partial charge in [0.25, 0.3) is 12.3 Å². The van der Waals surface area contributed by atoms with Crippen LogP contribution in [0.3, 0.4) is 0 Å². The third kappa shape index (κ3) is 6.20. The van der Waals surface area contributed by atoms with E-state index in [4.69, 9.17) is 0 Å². The molecule has 6 nitrogen and oxygen atoms in total.